The lowest BCUT2D eigenvalue weighted by molar-refractivity contribution is -0.119. The van der Waals surface area contributed by atoms with Crippen molar-refractivity contribution in [3.8, 4) is 5.75 Å². The fraction of sp³-hybridized carbons (Fsp3) is 0.364. The van der Waals surface area contributed by atoms with E-state index in [-0.39, 0.29) is 36.4 Å². The van der Waals surface area contributed by atoms with E-state index in [4.69, 9.17) is 4.74 Å². The van der Waals surface area contributed by atoms with E-state index in [9.17, 15) is 4.79 Å². The third-order valence-electron chi connectivity index (χ3n) is 4.09. The molecule has 0 atom stereocenters. The van der Waals surface area contributed by atoms with Crippen LogP contribution < -0.4 is 15.4 Å². The van der Waals surface area contributed by atoms with Gasteiger partial charge >= 0.3 is 0 Å². The summed E-state index contributed by atoms with van der Waals surface area (Å²) in [5, 5.41) is 6.12. The first-order valence-corrected chi connectivity index (χ1v) is 9.67. The molecular weight excluding hydrogens is 479 g/mol. The first-order valence-electron chi connectivity index (χ1n) is 9.67. The third kappa shape index (κ3) is 10.2. The number of halogens is 1. The van der Waals surface area contributed by atoms with Gasteiger partial charge in [0.15, 0.2) is 5.96 Å². The number of aliphatic imine (C=N–C) groups is 1. The van der Waals surface area contributed by atoms with Gasteiger partial charge in [0.2, 0.25) is 5.91 Å². The van der Waals surface area contributed by atoms with E-state index in [2.05, 4.69) is 27.8 Å². The van der Waals surface area contributed by atoms with Gasteiger partial charge in [0.1, 0.15) is 18.9 Å². The minimum Gasteiger partial charge on any atom is -0.492 e. The summed E-state index contributed by atoms with van der Waals surface area (Å²) in [6.45, 7) is 4.64. The number of guanidine groups is 1. The van der Waals surface area contributed by atoms with Crippen molar-refractivity contribution < 1.29 is 9.53 Å². The quantitative estimate of drug-likeness (QED) is 0.293. The molecule has 0 aliphatic carbocycles. The molecule has 2 aromatic rings. The fourth-order valence-corrected chi connectivity index (χ4v) is 2.59. The Kier molecular flexibility index (Phi) is 12.5. The molecule has 0 aromatic heterocycles. The summed E-state index contributed by atoms with van der Waals surface area (Å²) >= 11 is 0. The molecule has 0 unspecified atom stereocenters. The van der Waals surface area contributed by atoms with E-state index in [1.165, 1.54) is 5.56 Å². The van der Waals surface area contributed by atoms with Crippen molar-refractivity contribution in [1.82, 2.24) is 15.5 Å². The van der Waals surface area contributed by atoms with Crippen LogP contribution in [-0.2, 0) is 11.2 Å². The van der Waals surface area contributed by atoms with Gasteiger partial charge in [0.25, 0.3) is 0 Å². The van der Waals surface area contributed by atoms with Gasteiger partial charge < -0.3 is 20.3 Å². The second kappa shape index (κ2) is 14.7. The minimum absolute atomic E-state index is 0. The molecule has 0 saturated carbocycles. The number of hydrogen-bond acceptors (Lipinski definition) is 3. The maximum absolute atomic E-state index is 12.1. The number of nitrogens with one attached hydrogen (secondary N) is 2. The minimum atomic E-state index is -0.0831. The molecule has 0 saturated heterocycles. The Balaban J connectivity index is 0.00000420. The van der Waals surface area contributed by atoms with Crippen LogP contribution >= 0.6 is 24.0 Å². The van der Waals surface area contributed by atoms with E-state index in [0.717, 1.165) is 18.7 Å². The number of amides is 1. The molecule has 2 aromatic carbocycles. The van der Waals surface area contributed by atoms with Gasteiger partial charge in [-0.05, 0) is 31.0 Å². The number of para-hydroxylation sites is 1. The molecule has 0 radical (unpaired) electrons. The largest absolute Gasteiger partial charge is 0.492 e. The summed E-state index contributed by atoms with van der Waals surface area (Å²) in [7, 11) is 1.93. The molecular formula is C22H31IN4O2. The number of likely N-dealkylation sites (N-methyl/N-ethyl adjacent to an activating group) is 1. The highest BCUT2D eigenvalue weighted by molar-refractivity contribution is 14.0. The summed E-state index contributed by atoms with van der Waals surface area (Å²) in [6, 6.07) is 19.8. The van der Waals surface area contributed by atoms with E-state index >= 15 is 0 Å². The van der Waals surface area contributed by atoms with Gasteiger partial charge in [0, 0.05) is 20.1 Å². The van der Waals surface area contributed by atoms with E-state index in [1.54, 1.807) is 0 Å². The maximum Gasteiger partial charge on any atom is 0.241 e. The van der Waals surface area contributed by atoms with Gasteiger partial charge in [-0.2, -0.15) is 0 Å². The predicted molar refractivity (Wildman–Crippen MR) is 129 cm³/mol. The highest BCUT2D eigenvalue weighted by atomic mass is 127. The van der Waals surface area contributed by atoms with Gasteiger partial charge in [-0.25, -0.2) is 4.99 Å². The Morgan fingerprint density at radius 3 is 2.34 bits per heavy atom. The van der Waals surface area contributed by atoms with Crippen LogP contribution in [0.2, 0.25) is 0 Å². The molecule has 0 spiro atoms. The second-order valence-electron chi connectivity index (χ2n) is 6.34. The van der Waals surface area contributed by atoms with Crippen molar-refractivity contribution >= 4 is 35.8 Å². The fourth-order valence-electron chi connectivity index (χ4n) is 2.59. The van der Waals surface area contributed by atoms with E-state index in [0.29, 0.717) is 25.7 Å². The zero-order valence-corrected chi connectivity index (χ0v) is 19.5. The summed E-state index contributed by atoms with van der Waals surface area (Å²) in [4.78, 5) is 18.5. The summed E-state index contributed by atoms with van der Waals surface area (Å²) in [6.07, 6.45) is 0.813. The smallest absolute Gasteiger partial charge is 0.241 e. The average molecular weight is 510 g/mol. The Morgan fingerprint density at radius 1 is 1.03 bits per heavy atom. The zero-order chi connectivity index (χ0) is 20.0. The van der Waals surface area contributed by atoms with Gasteiger partial charge in [-0.15, -0.1) is 24.0 Å². The SMILES string of the molecule is CCNC(=NCC(=O)NCCc1ccccc1)N(C)CCOc1ccccc1.I. The zero-order valence-electron chi connectivity index (χ0n) is 17.1. The number of carbonyl (C=O) groups excluding carboxylic acids is 1. The molecule has 158 valence electrons. The molecule has 1 amide bonds. The van der Waals surface area contributed by atoms with Crippen LogP contribution in [0.1, 0.15) is 12.5 Å². The number of nitrogens with zero attached hydrogens (tertiary/aromatic N) is 2. The molecule has 29 heavy (non-hydrogen) atoms. The molecule has 0 bridgehead atoms. The van der Waals surface area contributed by atoms with Crippen LogP contribution in [0.25, 0.3) is 0 Å². The summed E-state index contributed by atoms with van der Waals surface area (Å²) < 4.78 is 5.72. The van der Waals surface area contributed by atoms with Crippen molar-refractivity contribution in [3.05, 3.63) is 66.2 Å². The number of ether oxygens (including phenoxy) is 1. The molecule has 2 N–H and O–H groups in total. The molecule has 7 heteroatoms. The molecule has 0 fully saturated rings. The standard InChI is InChI=1S/C22H30N4O2.HI/c1-3-23-22(26(2)16-17-28-20-12-8-5-9-13-20)25-18-21(27)24-15-14-19-10-6-4-7-11-19;/h4-13H,3,14-18H2,1-2H3,(H,23,25)(H,24,27);1H. The number of benzene rings is 2. The Morgan fingerprint density at radius 2 is 1.69 bits per heavy atom. The molecule has 0 heterocycles. The lowest BCUT2D eigenvalue weighted by atomic mass is 10.1. The molecule has 0 aliphatic rings. The van der Waals surface area contributed by atoms with Gasteiger partial charge in [-0.1, -0.05) is 48.5 Å². The topological polar surface area (TPSA) is 66.0 Å². The van der Waals surface area contributed by atoms with Crippen LogP contribution in [0.3, 0.4) is 0 Å². The van der Waals surface area contributed by atoms with Crippen molar-refractivity contribution in [2.75, 3.05) is 39.8 Å². The first kappa shape index (κ1) is 24.7. The highest BCUT2D eigenvalue weighted by Crippen LogP contribution is 2.07. The van der Waals surface area contributed by atoms with Crippen molar-refractivity contribution in [2.45, 2.75) is 13.3 Å². The van der Waals surface area contributed by atoms with Crippen LogP contribution in [-0.4, -0.2) is 56.6 Å². The number of rotatable bonds is 10. The van der Waals surface area contributed by atoms with Crippen LogP contribution in [0, 0.1) is 0 Å². The lowest BCUT2D eigenvalue weighted by Gasteiger charge is -2.22. The van der Waals surface area contributed by atoms with E-state index < -0.39 is 0 Å². The van der Waals surface area contributed by atoms with Crippen LogP contribution in [0.15, 0.2) is 65.7 Å². The van der Waals surface area contributed by atoms with Gasteiger partial charge in [-0.3, -0.25) is 4.79 Å². The Hall–Kier alpha value is -2.29. The number of carbonyl (C=O) groups is 1. The van der Waals surface area contributed by atoms with Crippen molar-refractivity contribution in [3.63, 3.8) is 0 Å². The van der Waals surface area contributed by atoms with Gasteiger partial charge in [0.05, 0.1) is 6.54 Å². The monoisotopic (exact) mass is 510 g/mol. The Labute approximate surface area is 190 Å². The first-order chi connectivity index (χ1) is 13.7. The molecule has 6 nitrogen and oxygen atoms in total. The van der Waals surface area contributed by atoms with E-state index in [1.807, 2.05) is 67.4 Å². The summed E-state index contributed by atoms with van der Waals surface area (Å²) in [5.74, 6) is 1.45. The lowest BCUT2D eigenvalue weighted by Crippen LogP contribution is -2.41. The molecule has 0 aliphatic heterocycles. The summed E-state index contributed by atoms with van der Waals surface area (Å²) in [5.41, 5.74) is 1.21. The normalized spacial score (nSPS) is 10.6. The van der Waals surface area contributed by atoms with Crippen LogP contribution in [0.5, 0.6) is 5.75 Å². The third-order valence-corrected chi connectivity index (χ3v) is 4.09. The predicted octanol–water partition coefficient (Wildman–Crippen LogP) is 2.94. The highest BCUT2D eigenvalue weighted by Gasteiger charge is 2.07. The number of hydrogen-bond donors (Lipinski definition) is 2. The molecule has 2 rings (SSSR count). The Bertz CT molecular complexity index is 726. The van der Waals surface area contributed by atoms with Crippen LogP contribution in [0.4, 0.5) is 0 Å². The maximum atomic E-state index is 12.1. The average Bonchev–Trinajstić information content (AvgIpc) is 2.72. The van der Waals surface area contributed by atoms with Crippen molar-refractivity contribution in [2.24, 2.45) is 4.99 Å². The van der Waals surface area contributed by atoms with Crippen molar-refractivity contribution in [1.29, 1.82) is 0 Å². The second-order valence-corrected chi connectivity index (χ2v) is 6.34.